The van der Waals surface area contributed by atoms with E-state index in [-0.39, 0.29) is 24.0 Å². The van der Waals surface area contributed by atoms with Crippen molar-refractivity contribution in [3.63, 3.8) is 0 Å². The topological polar surface area (TPSA) is 67.6 Å². The normalized spacial score (nSPS) is 11.0. The highest BCUT2D eigenvalue weighted by Gasteiger charge is 2.08. The van der Waals surface area contributed by atoms with E-state index in [1.807, 2.05) is 18.2 Å². The molecule has 0 amide bonds. The van der Waals surface area contributed by atoms with Crippen molar-refractivity contribution in [3.8, 4) is 5.75 Å². The molecule has 32 heavy (non-hydrogen) atoms. The molecule has 1 heterocycles. The molecule has 7 nitrogen and oxygen atoms in total. The molecule has 8 heteroatoms. The van der Waals surface area contributed by atoms with Crippen LogP contribution in [0, 0.1) is 0 Å². The summed E-state index contributed by atoms with van der Waals surface area (Å²) in [5, 5.41) is 11.7. The first kappa shape index (κ1) is 25.6. The van der Waals surface area contributed by atoms with Crippen molar-refractivity contribution in [1.82, 2.24) is 25.0 Å². The van der Waals surface area contributed by atoms with Gasteiger partial charge in [0.1, 0.15) is 17.9 Å². The average Bonchev–Trinajstić information content (AvgIpc) is 3.26. The summed E-state index contributed by atoms with van der Waals surface area (Å²) in [5.74, 6) is 2.76. The van der Waals surface area contributed by atoms with E-state index in [1.165, 1.54) is 11.1 Å². The minimum atomic E-state index is 0. The largest absolute Gasteiger partial charge is 0.497 e. The highest BCUT2D eigenvalue weighted by atomic mass is 127. The summed E-state index contributed by atoms with van der Waals surface area (Å²) in [6.45, 7) is 5.15. The maximum absolute atomic E-state index is 5.24. The molecule has 3 rings (SSSR count). The minimum absolute atomic E-state index is 0. The lowest BCUT2D eigenvalue weighted by Gasteiger charge is -2.23. The van der Waals surface area contributed by atoms with Crippen molar-refractivity contribution in [1.29, 1.82) is 0 Å². The number of ether oxygens (including phenoxy) is 1. The number of methoxy groups -OCH3 is 1. The Kier molecular flexibility index (Phi) is 11.0. The molecule has 0 atom stereocenters. The Morgan fingerprint density at radius 1 is 1.09 bits per heavy atom. The molecule has 0 aliphatic rings. The second-order valence-electron chi connectivity index (χ2n) is 7.37. The van der Waals surface area contributed by atoms with Crippen LogP contribution in [0.5, 0.6) is 5.75 Å². The maximum atomic E-state index is 5.24. The van der Waals surface area contributed by atoms with Gasteiger partial charge in [-0.05, 0) is 29.7 Å². The fourth-order valence-corrected chi connectivity index (χ4v) is 3.35. The van der Waals surface area contributed by atoms with Gasteiger partial charge < -0.3 is 19.5 Å². The third kappa shape index (κ3) is 7.81. The van der Waals surface area contributed by atoms with Gasteiger partial charge in [-0.1, -0.05) is 49.4 Å². The summed E-state index contributed by atoms with van der Waals surface area (Å²) in [6.07, 6.45) is 3.53. The molecular formula is C24H33IN6O. The number of guanidine groups is 1. The number of aryl methyl sites for hydroxylation is 1. The summed E-state index contributed by atoms with van der Waals surface area (Å²) in [6, 6.07) is 18.6. The van der Waals surface area contributed by atoms with Crippen LogP contribution in [0.4, 0.5) is 0 Å². The number of nitrogens with one attached hydrogen (secondary N) is 1. The monoisotopic (exact) mass is 548 g/mol. The van der Waals surface area contributed by atoms with E-state index < -0.39 is 0 Å². The summed E-state index contributed by atoms with van der Waals surface area (Å²) >= 11 is 0. The molecule has 2 aromatic carbocycles. The molecule has 0 bridgehead atoms. The Morgan fingerprint density at radius 3 is 2.53 bits per heavy atom. The SMILES string of the molecule is CCc1nncn1CCNC(=NCCc1ccc(OC)cc1)N(C)Cc1ccccc1.I. The van der Waals surface area contributed by atoms with Crippen molar-refractivity contribution in [2.45, 2.75) is 32.9 Å². The van der Waals surface area contributed by atoms with Crippen LogP contribution in [0.25, 0.3) is 0 Å². The third-order valence-corrected chi connectivity index (χ3v) is 5.09. The van der Waals surface area contributed by atoms with Gasteiger partial charge in [0.2, 0.25) is 0 Å². The zero-order chi connectivity index (χ0) is 21.9. The molecule has 0 unspecified atom stereocenters. The average molecular weight is 548 g/mol. The van der Waals surface area contributed by atoms with E-state index in [9.17, 15) is 0 Å². The van der Waals surface area contributed by atoms with Gasteiger partial charge in [0.15, 0.2) is 5.96 Å². The highest BCUT2D eigenvalue weighted by Crippen LogP contribution is 2.12. The Bertz CT molecular complexity index is 943. The molecule has 0 saturated heterocycles. The lowest BCUT2D eigenvalue weighted by atomic mass is 10.1. The maximum Gasteiger partial charge on any atom is 0.194 e. The third-order valence-electron chi connectivity index (χ3n) is 5.09. The van der Waals surface area contributed by atoms with Crippen LogP contribution in [-0.4, -0.2) is 52.9 Å². The molecule has 0 aliphatic heterocycles. The molecule has 0 spiro atoms. The smallest absolute Gasteiger partial charge is 0.194 e. The fraction of sp³-hybridized carbons (Fsp3) is 0.375. The molecule has 0 aliphatic carbocycles. The van der Waals surface area contributed by atoms with E-state index >= 15 is 0 Å². The van der Waals surface area contributed by atoms with Crippen LogP contribution >= 0.6 is 24.0 Å². The molecule has 1 aromatic heterocycles. The second-order valence-corrected chi connectivity index (χ2v) is 7.37. The zero-order valence-electron chi connectivity index (χ0n) is 19.1. The molecule has 0 fully saturated rings. The Hall–Kier alpha value is -2.62. The van der Waals surface area contributed by atoms with E-state index in [0.717, 1.165) is 50.0 Å². The van der Waals surface area contributed by atoms with Gasteiger partial charge >= 0.3 is 0 Å². The van der Waals surface area contributed by atoms with Crippen molar-refractivity contribution < 1.29 is 4.74 Å². The summed E-state index contributed by atoms with van der Waals surface area (Å²) in [4.78, 5) is 7.04. The number of nitrogens with zero attached hydrogens (tertiary/aromatic N) is 5. The van der Waals surface area contributed by atoms with Crippen LogP contribution in [0.3, 0.4) is 0 Å². The zero-order valence-corrected chi connectivity index (χ0v) is 21.4. The fourth-order valence-electron chi connectivity index (χ4n) is 3.35. The standard InChI is InChI=1S/C24H32N6O.HI/c1-4-23-28-27-19-30(23)17-16-26-24(29(2)18-21-8-6-5-7-9-21)25-15-14-20-10-12-22(31-3)13-11-20;/h5-13,19H,4,14-18H2,1-3H3,(H,25,26);1H. The first-order valence-electron chi connectivity index (χ1n) is 10.7. The quantitative estimate of drug-likeness (QED) is 0.237. The van der Waals surface area contributed by atoms with Crippen molar-refractivity contribution in [2.24, 2.45) is 4.99 Å². The molecule has 1 N–H and O–H groups in total. The van der Waals surface area contributed by atoms with Gasteiger partial charge in [0.25, 0.3) is 0 Å². The molecule has 0 saturated carbocycles. The van der Waals surface area contributed by atoms with Gasteiger partial charge in [-0.15, -0.1) is 34.2 Å². The van der Waals surface area contributed by atoms with E-state index in [0.29, 0.717) is 6.54 Å². The Balaban J connectivity index is 0.00000363. The number of benzene rings is 2. The van der Waals surface area contributed by atoms with E-state index in [4.69, 9.17) is 9.73 Å². The summed E-state index contributed by atoms with van der Waals surface area (Å²) in [5.41, 5.74) is 2.49. The Morgan fingerprint density at radius 2 is 1.84 bits per heavy atom. The van der Waals surface area contributed by atoms with Crippen LogP contribution in [0.2, 0.25) is 0 Å². The van der Waals surface area contributed by atoms with E-state index in [1.54, 1.807) is 13.4 Å². The lowest BCUT2D eigenvalue weighted by molar-refractivity contribution is 0.414. The minimum Gasteiger partial charge on any atom is -0.497 e. The molecule has 3 aromatic rings. The van der Waals surface area contributed by atoms with Gasteiger partial charge in [-0.3, -0.25) is 4.99 Å². The van der Waals surface area contributed by atoms with E-state index in [2.05, 4.69) is 75.4 Å². The second kappa shape index (κ2) is 13.7. The predicted octanol–water partition coefficient (Wildman–Crippen LogP) is 3.79. The van der Waals surface area contributed by atoms with Gasteiger partial charge in [-0.25, -0.2) is 0 Å². The van der Waals surface area contributed by atoms with Crippen LogP contribution in [-0.2, 0) is 25.9 Å². The number of hydrogen-bond donors (Lipinski definition) is 1. The number of halogens is 1. The predicted molar refractivity (Wildman–Crippen MR) is 140 cm³/mol. The van der Waals surface area contributed by atoms with Crippen LogP contribution in [0.1, 0.15) is 23.9 Å². The van der Waals surface area contributed by atoms with Crippen molar-refractivity contribution in [2.75, 3.05) is 27.2 Å². The molecule has 172 valence electrons. The molecule has 0 radical (unpaired) electrons. The van der Waals surface area contributed by atoms with Crippen LogP contribution < -0.4 is 10.1 Å². The number of aliphatic imine (C=N–C) groups is 1. The molecular weight excluding hydrogens is 515 g/mol. The number of rotatable bonds is 10. The van der Waals surface area contributed by atoms with Gasteiger partial charge in [0, 0.05) is 39.6 Å². The first-order valence-corrected chi connectivity index (χ1v) is 10.7. The van der Waals surface area contributed by atoms with Crippen LogP contribution in [0.15, 0.2) is 65.9 Å². The highest BCUT2D eigenvalue weighted by molar-refractivity contribution is 14.0. The first-order chi connectivity index (χ1) is 15.2. The van der Waals surface area contributed by atoms with Crippen molar-refractivity contribution >= 4 is 29.9 Å². The van der Waals surface area contributed by atoms with Gasteiger partial charge in [-0.2, -0.15) is 0 Å². The Labute approximate surface area is 207 Å². The number of hydrogen-bond acceptors (Lipinski definition) is 4. The summed E-state index contributed by atoms with van der Waals surface area (Å²) < 4.78 is 7.32. The number of aromatic nitrogens is 3. The van der Waals surface area contributed by atoms with Gasteiger partial charge in [0.05, 0.1) is 7.11 Å². The lowest BCUT2D eigenvalue weighted by Crippen LogP contribution is -2.40. The van der Waals surface area contributed by atoms with Crippen molar-refractivity contribution in [3.05, 3.63) is 77.9 Å². The summed E-state index contributed by atoms with van der Waals surface area (Å²) in [7, 11) is 3.76.